The molecule has 0 fully saturated rings. The highest BCUT2D eigenvalue weighted by Gasteiger charge is 2.16. The maximum absolute atomic E-state index is 5.90. The number of nitrogens with two attached hydrogens (primary N) is 1. The minimum absolute atomic E-state index is 0.514. The second-order valence-electron chi connectivity index (χ2n) is 6.20. The Bertz CT molecular complexity index is 583. The van der Waals surface area contributed by atoms with Gasteiger partial charge >= 0.3 is 0 Å². The van der Waals surface area contributed by atoms with Gasteiger partial charge in [0.2, 0.25) is 0 Å². The van der Waals surface area contributed by atoms with Crippen LogP contribution in [-0.2, 0) is 0 Å². The zero-order valence-corrected chi connectivity index (χ0v) is 13.2. The Hall–Kier alpha value is -1.76. The summed E-state index contributed by atoms with van der Waals surface area (Å²) in [6, 6.07) is 12.9. The van der Waals surface area contributed by atoms with Crippen LogP contribution in [0.4, 0.5) is 5.69 Å². The van der Waals surface area contributed by atoms with Crippen LogP contribution in [0.2, 0.25) is 0 Å². The molecule has 0 amide bonds. The molecule has 0 unspecified atom stereocenters. The van der Waals surface area contributed by atoms with Crippen molar-refractivity contribution in [3.8, 4) is 11.1 Å². The second kappa shape index (κ2) is 5.70. The van der Waals surface area contributed by atoms with Gasteiger partial charge in [0.1, 0.15) is 0 Å². The number of anilines is 1. The molecule has 2 N–H and O–H groups in total. The van der Waals surface area contributed by atoms with E-state index in [2.05, 4.69) is 65.0 Å². The summed E-state index contributed by atoms with van der Waals surface area (Å²) >= 11 is 0. The molecule has 0 aliphatic carbocycles. The summed E-state index contributed by atoms with van der Waals surface area (Å²) in [5.41, 5.74) is 13.5. The van der Waals surface area contributed by atoms with Crippen LogP contribution in [0.15, 0.2) is 36.4 Å². The highest BCUT2D eigenvalue weighted by atomic mass is 14.5. The van der Waals surface area contributed by atoms with Crippen molar-refractivity contribution >= 4 is 5.69 Å². The number of rotatable bonds is 3. The van der Waals surface area contributed by atoms with Gasteiger partial charge in [-0.2, -0.15) is 0 Å². The lowest BCUT2D eigenvalue weighted by Gasteiger charge is -2.21. The van der Waals surface area contributed by atoms with Gasteiger partial charge in [-0.25, -0.2) is 0 Å². The average molecular weight is 267 g/mol. The molecule has 20 heavy (non-hydrogen) atoms. The maximum Gasteiger partial charge on any atom is 0.0317 e. The lowest BCUT2D eigenvalue weighted by molar-refractivity contribution is 0.838. The topological polar surface area (TPSA) is 26.0 Å². The van der Waals surface area contributed by atoms with Crippen LogP contribution in [-0.4, -0.2) is 0 Å². The maximum atomic E-state index is 5.90. The molecule has 2 aromatic carbocycles. The molecule has 0 aliphatic heterocycles. The second-order valence-corrected chi connectivity index (χ2v) is 6.20. The normalized spacial score (nSPS) is 11.3. The van der Waals surface area contributed by atoms with Gasteiger partial charge in [0, 0.05) is 5.69 Å². The molecule has 0 bridgehead atoms. The molecule has 0 saturated carbocycles. The van der Waals surface area contributed by atoms with Crippen molar-refractivity contribution in [1.82, 2.24) is 0 Å². The third-order valence-corrected chi connectivity index (χ3v) is 3.89. The lowest BCUT2D eigenvalue weighted by Crippen LogP contribution is -2.01. The molecule has 106 valence electrons. The van der Waals surface area contributed by atoms with Gasteiger partial charge in [-0.15, -0.1) is 0 Å². The Morgan fingerprint density at radius 3 is 1.85 bits per heavy atom. The summed E-state index contributed by atoms with van der Waals surface area (Å²) in [5, 5.41) is 0. The minimum Gasteiger partial charge on any atom is -0.399 e. The highest BCUT2D eigenvalue weighted by Crippen LogP contribution is 2.37. The van der Waals surface area contributed by atoms with E-state index in [0.29, 0.717) is 11.8 Å². The Labute approximate surface area is 122 Å². The van der Waals surface area contributed by atoms with E-state index in [9.17, 15) is 0 Å². The SMILES string of the molecule is Cc1cc(N)ccc1-c1c(C(C)C)cccc1C(C)C. The molecule has 0 saturated heterocycles. The molecule has 0 spiro atoms. The van der Waals surface area contributed by atoms with Crippen molar-refractivity contribution in [2.45, 2.75) is 46.5 Å². The summed E-state index contributed by atoms with van der Waals surface area (Å²) in [7, 11) is 0. The number of nitrogen functional groups attached to an aromatic ring is 1. The zero-order valence-electron chi connectivity index (χ0n) is 13.2. The van der Waals surface area contributed by atoms with Gasteiger partial charge in [-0.3, -0.25) is 0 Å². The van der Waals surface area contributed by atoms with Crippen LogP contribution in [0, 0.1) is 6.92 Å². The summed E-state index contributed by atoms with van der Waals surface area (Å²) in [6.07, 6.45) is 0. The first kappa shape index (κ1) is 14.6. The Morgan fingerprint density at radius 1 is 0.850 bits per heavy atom. The Morgan fingerprint density at radius 2 is 1.40 bits per heavy atom. The molecule has 2 aromatic rings. The number of hydrogen-bond acceptors (Lipinski definition) is 1. The van der Waals surface area contributed by atoms with Crippen molar-refractivity contribution < 1.29 is 0 Å². The Kier molecular flexibility index (Phi) is 4.17. The number of aryl methyl sites for hydroxylation is 1. The molecule has 2 rings (SSSR count). The molecule has 0 atom stereocenters. The molecule has 0 aromatic heterocycles. The van der Waals surface area contributed by atoms with Gasteiger partial charge in [0.15, 0.2) is 0 Å². The fourth-order valence-electron chi connectivity index (χ4n) is 2.83. The monoisotopic (exact) mass is 267 g/mol. The first-order valence-electron chi connectivity index (χ1n) is 7.41. The largest absolute Gasteiger partial charge is 0.399 e. The van der Waals surface area contributed by atoms with E-state index in [1.165, 1.54) is 27.8 Å². The first-order valence-corrected chi connectivity index (χ1v) is 7.41. The van der Waals surface area contributed by atoms with E-state index in [4.69, 9.17) is 5.73 Å². The summed E-state index contributed by atoms with van der Waals surface area (Å²) in [6.45, 7) is 11.2. The quantitative estimate of drug-likeness (QED) is 0.731. The van der Waals surface area contributed by atoms with Crippen LogP contribution >= 0.6 is 0 Å². The fourth-order valence-corrected chi connectivity index (χ4v) is 2.83. The van der Waals surface area contributed by atoms with Gasteiger partial charge in [-0.1, -0.05) is 52.0 Å². The van der Waals surface area contributed by atoms with Crippen LogP contribution < -0.4 is 5.73 Å². The smallest absolute Gasteiger partial charge is 0.0317 e. The van der Waals surface area contributed by atoms with Gasteiger partial charge in [0.05, 0.1) is 0 Å². The van der Waals surface area contributed by atoms with E-state index < -0.39 is 0 Å². The van der Waals surface area contributed by atoms with Crippen LogP contribution in [0.3, 0.4) is 0 Å². The molecule has 1 nitrogen and oxygen atoms in total. The van der Waals surface area contributed by atoms with Crippen molar-refractivity contribution in [1.29, 1.82) is 0 Å². The summed E-state index contributed by atoms with van der Waals surface area (Å²) in [5.74, 6) is 1.03. The Balaban J connectivity index is 2.76. The molecule has 1 heteroatoms. The van der Waals surface area contributed by atoms with Crippen molar-refractivity contribution in [3.05, 3.63) is 53.1 Å². The third kappa shape index (κ3) is 2.72. The van der Waals surface area contributed by atoms with E-state index in [0.717, 1.165) is 5.69 Å². The van der Waals surface area contributed by atoms with Crippen molar-refractivity contribution in [2.75, 3.05) is 5.73 Å². The van der Waals surface area contributed by atoms with Crippen LogP contribution in [0.25, 0.3) is 11.1 Å². The van der Waals surface area contributed by atoms with Gasteiger partial charge in [-0.05, 0) is 58.7 Å². The molecular weight excluding hydrogens is 242 g/mol. The zero-order chi connectivity index (χ0) is 14.9. The molecule has 0 aliphatic rings. The van der Waals surface area contributed by atoms with E-state index in [1.54, 1.807) is 0 Å². The molecular formula is C19H25N. The van der Waals surface area contributed by atoms with Crippen LogP contribution in [0.5, 0.6) is 0 Å². The van der Waals surface area contributed by atoms with Crippen molar-refractivity contribution in [3.63, 3.8) is 0 Å². The van der Waals surface area contributed by atoms with Gasteiger partial charge < -0.3 is 5.73 Å². The predicted molar refractivity (Wildman–Crippen MR) is 89.2 cm³/mol. The number of hydrogen-bond donors (Lipinski definition) is 1. The molecule has 0 heterocycles. The molecule has 0 radical (unpaired) electrons. The standard InChI is InChI=1S/C19H25N/c1-12(2)16-7-6-8-17(13(3)4)19(16)18-10-9-15(20)11-14(18)5/h6-13H,20H2,1-5H3. The van der Waals surface area contributed by atoms with Crippen molar-refractivity contribution in [2.24, 2.45) is 0 Å². The van der Waals surface area contributed by atoms with Gasteiger partial charge in [0.25, 0.3) is 0 Å². The van der Waals surface area contributed by atoms with Crippen LogP contribution in [0.1, 0.15) is 56.2 Å². The van der Waals surface area contributed by atoms with E-state index in [-0.39, 0.29) is 0 Å². The third-order valence-electron chi connectivity index (χ3n) is 3.89. The first-order chi connectivity index (χ1) is 9.41. The van der Waals surface area contributed by atoms with E-state index >= 15 is 0 Å². The average Bonchev–Trinajstić information content (AvgIpc) is 2.37. The number of benzene rings is 2. The predicted octanol–water partition coefficient (Wildman–Crippen LogP) is 5.49. The summed E-state index contributed by atoms with van der Waals surface area (Å²) < 4.78 is 0. The van der Waals surface area contributed by atoms with E-state index in [1.807, 2.05) is 6.07 Å². The lowest BCUT2D eigenvalue weighted by atomic mass is 9.83. The highest BCUT2D eigenvalue weighted by molar-refractivity contribution is 5.76. The summed E-state index contributed by atoms with van der Waals surface area (Å²) in [4.78, 5) is 0. The minimum atomic E-state index is 0.514. The fraction of sp³-hybridized carbons (Fsp3) is 0.368.